The third-order valence-electron chi connectivity index (χ3n) is 2.19. The molecule has 15 heavy (non-hydrogen) atoms. The lowest BCUT2D eigenvalue weighted by atomic mass is 10.2. The summed E-state index contributed by atoms with van der Waals surface area (Å²) in [4.78, 5) is 0.966. The quantitative estimate of drug-likeness (QED) is 0.845. The Morgan fingerprint density at radius 3 is 3.13 bits per heavy atom. The monoisotopic (exact) mass is 223 g/mol. The molecule has 2 aromatic heterocycles. The largest absolute Gasteiger partial charge is 0.318 e. The molecule has 0 aliphatic rings. The summed E-state index contributed by atoms with van der Waals surface area (Å²) in [6.45, 7) is 3.01. The first-order chi connectivity index (χ1) is 7.33. The third-order valence-corrected chi connectivity index (χ3v) is 2.93. The molecule has 1 atom stereocenters. The molecule has 0 aromatic carbocycles. The van der Waals surface area contributed by atoms with Crippen LogP contribution in [0.4, 0.5) is 0 Å². The second-order valence-electron chi connectivity index (χ2n) is 3.28. The zero-order valence-electron chi connectivity index (χ0n) is 8.50. The number of nitrogens with zero attached hydrogens (tertiary/aromatic N) is 4. The van der Waals surface area contributed by atoms with Crippen molar-refractivity contribution in [2.75, 3.05) is 0 Å². The van der Waals surface area contributed by atoms with Crippen molar-refractivity contribution in [3.05, 3.63) is 29.0 Å². The highest BCUT2D eigenvalue weighted by atomic mass is 32.1. The molecule has 80 valence electrons. The Balaban J connectivity index is 2.25. The van der Waals surface area contributed by atoms with Crippen molar-refractivity contribution in [1.29, 1.82) is 0 Å². The van der Waals surface area contributed by atoms with E-state index in [-0.39, 0.29) is 6.04 Å². The van der Waals surface area contributed by atoms with Gasteiger partial charge in [-0.15, -0.1) is 5.10 Å². The fraction of sp³-hybridized carbons (Fsp3) is 0.444. The standard InChI is InChI=1S/C9H13N5S/c1-2-5-14-7(3-4-12-14)9(10)8-6-11-13-15-8/h3-4,6,9H,2,5,10H2,1H3. The van der Waals surface area contributed by atoms with Crippen LogP contribution in [0.2, 0.25) is 0 Å². The molecule has 2 aromatic rings. The lowest BCUT2D eigenvalue weighted by Gasteiger charge is -2.11. The SMILES string of the molecule is CCCn1nccc1C(N)c1cnns1. The number of hydrogen-bond acceptors (Lipinski definition) is 5. The van der Waals surface area contributed by atoms with Crippen LogP contribution in [0.5, 0.6) is 0 Å². The average molecular weight is 223 g/mol. The van der Waals surface area contributed by atoms with Crippen molar-refractivity contribution in [2.24, 2.45) is 5.73 Å². The van der Waals surface area contributed by atoms with Gasteiger partial charge in [-0.05, 0) is 24.0 Å². The van der Waals surface area contributed by atoms with E-state index < -0.39 is 0 Å². The van der Waals surface area contributed by atoms with Crippen molar-refractivity contribution < 1.29 is 0 Å². The predicted molar refractivity (Wildman–Crippen MR) is 58.5 cm³/mol. The van der Waals surface area contributed by atoms with Gasteiger partial charge >= 0.3 is 0 Å². The molecule has 2 heterocycles. The molecule has 0 saturated carbocycles. The zero-order chi connectivity index (χ0) is 10.7. The number of hydrogen-bond donors (Lipinski definition) is 1. The van der Waals surface area contributed by atoms with Crippen LogP contribution in [-0.4, -0.2) is 19.4 Å². The van der Waals surface area contributed by atoms with Crippen molar-refractivity contribution in [1.82, 2.24) is 19.4 Å². The maximum atomic E-state index is 6.11. The highest BCUT2D eigenvalue weighted by Gasteiger charge is 2.15. The average Bonchev–Trinajstić information content (AvgIpc) is 2.87. The van der Waals surface area contributed by atoms with Crippen LogP contribution >= 0.6 is 11.5 Å². The topological polar surface area (TPSA) is 69.6 Å². The van der Waals surface area contributed by atoms with Gasteiger partial charge in [-0.25, -0.2) is 0 Å². The van der Waals surface area contributed by atoms with E-state index in [1.54, 1.807) is 12.4 Å². The van der Waals surface area contributed by atoms with E-state index in [1.165, 1.54) is 11.5 Å². The number of aryl methyl sites for hydroxylation is 1. The molecular formula is C9H13N5S. The molecule has 0 amide bonds. The van der Waals surface area contributed by atoms with E-state index in [0.717, 1.165) is 23.5 Å². The second-order valence-corrected chi connectivity index (χ2v) is 4.09. The summed E-state index contributed by atoms with van der Waals surface area (Å²) in [6, 6.07) is 1.78. The maximum absolute atomic E-state index is 6.11. The fourth-order valence-corrected chi connectivity index (χ4v) is 1.98. The molecule has 0 aliphatic heterocycles. The summed E-state index contributed by atoms with van der Waals surface area (Å²) in [7, 11) is 0. The first-order valence-corrected chi connectivity index (χ1v) is 5.64. The molecule has 0 spiro atoms. The summed E-state index contributed by atoms with van der Waals surface area (Å²) in [5, 5.41) is 8.02. The number of aromatic nitrogens is 4. The molecular weight excluding hydrogens is 210 g/mol. The first kappa shape index (κ1) is 10.3. The molecule has 2 N–H and O–H groups in total. The third kappa shape index (κ3) is 2.05. The minimum absolute atomic E-state index is 0.168. The minimum Gasteiger partial charge on any atom is -0.318 e. The molecule has 0 radical (unpaired) electrons. The van der Waals surface area contributed by atoms with Crippen LogP contribution in [0.15, 0.2) is 18.5 Å². The molecule has 0 bridgehead atoms. The zero-order valence-corrected chi connectivity index (χ0v) is 9.31. The Morgan fingerprint density at radius 1 is 1.60 bits per heavy atom. The first-order valence-electron chi connectivity index (χ1n) is 4.87. The minimum atomic E-state index is -0.168. The number of nitrogens with two attached hydrogens (primary N) is 1. The lowest BCUT2D eigenvalue weighted by Crippen LogP contribution is -2.16. The van der Waals surface area contributed by atoms with Gasteiger partial charge in [-0.2, -0.15) is 5.10 Å². The van der Waals surface area contributed by atoms with Crippen molar-refractivity contribution in [3.8, 4) is 0 Å². The molecule has 0 fully saturated rings. The van der Waals surface area contributed by atoms with E-state index in [0.29, 0.717) is 0 Å². The summed E-state index contributed by atoms with van der Waals surface area (Å²) in [5.41, 5.74) is 7.12. The van der Waals surface area contributed by atoms with Crippen molar-refractivity contribution in [3.63, 3.8) is 0 Å². The Bertz CT molecular complexity index is 408. The molecule has 0 aliphatic carbocycles. The molecule has 5 nitrogen and oxygen atoms in total. The van der Waals surface area contributed by atoms with Gasteiger partial charge in [-0.3, -0.25) is 4.68 Å². The fourth-order valence-electron chi connectivity index (χ4n) is 1.46. The van der Waals surface area contributed by atoms with E-state index in [9.17, 15) is 0 Å². The van der Waals surface area contributed by atoms with Crippen LogP contribution < -0.4 is 5.73 Å². The summed E-state index contributed by atoms with van der Waals surface area (Å²) < 4.78 is 5.75. The Kier molecular flexibility index (Phi) is 3.08. The lowest BCUT2D eigenvalue weighted by molar-refractivity contribution is 0.561. The Labute approximate surface area is 92.1 Å². The summed E-state index contributed by atoms with van der Waals surface area (Å²) in [5.74, 6) is 0. The van der Waals surface area contributed by atoms with E-state index in [4.69, 9.17) is 5.73 Å². The highest BCUT2D eigenvalue weighted by molar-refractivity contribution is 7.05. The Hall–Kier alpha value is -1.27. The van der Waals surface area contributed by atoms with Crippen molar-refractivity contribution >= 4 is 11.5 Å². The molecule has 1 unspecified atom stereocenters. The number of rotatable bonds is 4. The van der Waals surface area contributed by atoms with Gasteiger partial charge in [-0.1, -0.05) is 11.4 Å². The summed E-state index contributed by atoms with van der Waals surface area (Å²) in [6.07, 6.45) is 4.53. The summed E-state index contributed by atoms with van der Waals surface area (Å²) >= 11 is 1.33. The van der Waals surface area contributed by atoms with E-state index >= 15 is 0 Å². The van der Waals surface area contributed by atoms with E-state index in [2.05, 4.69) is 21.6 Å². The van der Waals surface area contributed by atoms with Gasteiger partial charge in [0.25, 0.3) is 0 Å². The predicted octanol–water partition coefficient (Wildman–Crippen LogP) is 1.19. The second kappa shape index (κ2) is 4.50. The van der Waals surface area contributed by atoms with Crippen LogP contribution in [0.25, 0.3) is 0 Å². The van der Waals surface area contributed by atoms with Gasteiger partial charge in [0.05, 0.1) is 22.8 Å². The molecule has 0 saturated heterocycles. The normalized spacial score (nSPS) is 12.9. The van der Waals surface area contributed by atoms with Crippen LogP contribution in [0.3, 0.4) is 0 Å². The van der Waals surface area contributed by atoms with Gasteiger partial charge in [0, 0.05) is 12.7 Å². The van der Waals surface area contributed by atoms with Crippen LogP contribution in [0, 0.1) is 0 Å². The van der Waals surface area contributed by atoms with Gasteiger partial charge < -0.3 is 5.73 Å². The van der Waals surface area contributed by atoms with Crippen LogP contribution in [-0.2, 0) is 6.54 Å². The smallest absolute Gasteiger partial charge is 0.0849 e. The van der Waals surface area contributed by atoms with Gasteiger partial charge in [0.1, 0.15) is 0 Å². The Morgan fingerprint density at radius 2 is 2.47 bits per heavy atom. The van der Waals surface area contributed by atoms with E-state index in [1.807, 2.05) is 10.7 Å². The maximum Gasteiger partial charge on any atom is 0.0849 e. The molecule has 6 heteroatoms. The molecule has 2 rings (SSSR count). The highest BCUT2D eigenvalue weighted by Crippen LogP contribution is 2.20. The van der Waals surface area contributed by atoms with Crippen LogP contribution in [0.1, 0.15) is 30.0 Å². The van der Waals surface area contributed by atoms with Gasteiger partial charge in [0.15, 0.2) is 0 Å². The van der Waals surface area contributed by atoms with Gasteiger partial charge in [0.2, 0.25) is 0 Å². The van der Waals surface area contributed by atoms with Crippen molar-refractivity contribution in [2.45, 2.75) is 25.9 Å².